The SMILES string of the molecule is CC/C=C\C/C=C\C/C=C\C/C=C\C/C=C\CCCCCCCCCCCCCCCCCCCC(=O)NC(COC1OC(CO)C(OC2OC(CO)C(O)C(O)C2O)C(O)C1O)C(O)/C=C/CCCCCCCCCCCCCCC. The molecule has 476 valence electrons. The molecule has 2 rings (SSSR count). The van der Waals surface area contributed by atoms with E-state index in [1.54, 1.807) is 6.08 Å². The first-order chi connectivity index (χ1) is 40.1. The van der Waals surface area contributed by atoms with Crippen molar-refractivity contribution in [2.75, 3.05) is 19.8 Å². The molecule has 2 aliphatic rings. The molecule has 2 aliphatic heterocycles. The first-order valence-electron chi connectivity index (χ1n) is 33.2. The predicted octanol–water partition coefficient (Wildman–Crippen LogP) is 12.7. The third kappa shape index (κ3) is 37.1. The van der Waals surface area contributed by atoms with Gasteiger partial charge in [0.05, 0.1) is 32.0 Å². The highest BCUT2D eigenvalue weighted by Crippen LogP contribution is 2.30. The molecule has 0 spiro atoms. The van der Waals surface area contributed by atoms with Gasteiger partial charge in [-0.15, -0.1) is 0 Å². The van der Waals surface area contributed by atoms with Crippen LogP contribution in [-0.2, 0) is 23.7 Å². The molecule has 14 nitrogen and oxygen atoms in total. The van der Waals surface area contributed by atoms with Gasteiger partial charge in [0.25, 0.3) is 0 Å². The largest absolute Gasteiger partial charge is 0.394 e. The van der Waals surface area contributed by atoms with Gasteiger partial charge < -0.3 is 65.1 Å². The van der Waals surface area contributed by atoms with Gasteiger partial charge >= 0.3 is 0 Å². The van der Waals surface area contributed by atoms with Crippen LogP contribution in [0, 0.1) is 0 Å². The molecule has 2 fully saturated rings. The van der Waals surface area contributed by atoms with Crippen molar-refractivity contribution in [3.63, 3.8) is 0 Å². The molecule has 0 aromatic carbocycles. The van der Waals surface area contributed by atoms with E-state index in [1.165, 1.54) is 161 Å². The fourth-order valence-electron chi connectivity index (χ4n) is 10.6. The summed E-state index contributed by atoms with van der Waals surface area (Å²) >= 11 is 0. The Balaban J connectivity index is 1.64. The molecule has 82 heavy (non-hydrogen) atoms. The van der Waals surface area contributed by atoms with Crippen LogP contribution in [0.5, 0.6) is 0 Å². The summed E-state index contributed by atoms with van der Waals surface area (Å²) in [6.45, 7) is 2.69. The molecule has 2 heterocycles. The van der Waals surface area contributed by atoms with Crippen molar-refractivity contribution in [1.29, 1.82) is 0 Å². The molecular formula is C68H121NO13. The maximum Gasteiger partial charge on any atom is 0.220 e. The van der Waals surface area contributed by atoms with Crippen LogP contribution in [0.15, 0.2) is 72.9 Å². The normalized spacial score (nSPS) is 24.4. The predicted molar refractivity (Wildman–Crippen MR) is 332 cm³/mol. The smallest absolute Gasteiger partial charge is 0.220 e. The van der Waals surface area contributed by atoms with Gasteiger partial charge in [-0.25, -0.2) is 0 Å². The van der Waals surface area contributed by atoms with Crippen molar-refractivity contribution in [2.24, 2.45) is 0 Å². The molecule has 0 aromatic rings. The van der Waals surface area contributed by atoms with Gasteiger partial charge in [0.15, 0.2) is 12.6 Å². The lowest BCUT2D eigenvalue weighted by molar-refractivity contribution is -0.359. The third-order valence-electron chi connectivity index (χ3n) is 15.9. The fraction of sp³-hybridized carbons (Fsp3) is 0.809. The Hall–Kier alpha value is -2.57. The first kappa shape index (κ1) is 75.5. The zero-order valence-corrected chi connectivity index (χ0v) is 51.5. The Morgan fingerprint density at radius 2 is 0.841 bits per heavy atom. The topological polar surface area (TPSA) is 228 Å². The highest BCUT2D eigenvalue weighted by molar-refractivity contribution is 5.76. The van der Waals surface area contributed by atoms with E-state index in [1.807, 2.05) is 6.08 Å². The summed E-state index contributed by atoms with van der Waals surface area (Å²) < 4.78 is 22.8. The summed E-state index contributed by atoms with van der Waals surface area (Å²) in [5, 5.41) is 87.2. The zero-order valence-electron chi connectivity index (χ0n) is 51.5. The molecule has 0 aliphatic carbocycles. The zero-order chi connectivity index (χ0) is 59.5. The van der Waals surface area contributed by atoms with E-state index in [2.05, 4.69) is 79.9 Å². The maximum absolute atomic E-state index is 13.3. The Morgan fingerprint density at radius 1 is 0.451 bits per heavy atom. The minimum absolute atomic E-state index is 0.239. The number of amides is 1. The van der Waals surface area contributed by atoms with Crippen molar-refractivity contribution in [3.05, 3.63) is 72.9 Å². The standard InChI is InChI=1S/C68H121NO13/c1-3-5-7-9-11-13-15-17-19-20-21-22-23-24-25-26-27-28-29-30-31-32-33-34-35-36-38-40-42-44-46-48-50-52-60(73)69-56(57(72)51-49-47-45-43-41-39-37-18-16-14-12-10-8-6-4-2)55-79-67-65(78)63(76)66(59(54-71)81-67)82-68-64(77)62(75)61(74)58(53-70)80-68/h5,7,11,13,17,19,21-22,24-25,49,51,56-59,61-68,70-72,74-78H,3-4,6,8-10,12,14-16,18,20,23,26-48,50,52-55H2,1-2H3,(H,69,73)/b7-5-,13-11-,19-17-,22-21-,25-24-,51-49+. The lowest BCUT2D eigenvalue weighted by Gasteiger charge is -2.46. The summed E-state index contributed by atoms with van der Waals surface area (Å²) in [6.07, 6.45) is 53.8. The number of aliphatic hydroxyl groups is 8. The molecule has 12 unspecified atom stereocenters. The van der Waals surface area contributed by atoms with E-state index in [-0.39, 0.29) is 18.9 Å². The van der Waals surface area contributed by atoms with Gasteiger partial charge in [-0.05, 0) is 64.2 Å². The van der Waals surface area contributed by atoms with Crippen molar-refractivity contribution in [2.45, 2.75) is 331 Å². The van der Waals surface area contributed by atoms with Gasteiger partial charge in [0.1, 0.15) is 48.8 Å². The quantitative estimate of drug-likeness (QED) is 0.0204. The molecule has 1 amide bonds. The minimum Gasteiger partial charge on any atom is -0.394 e. The van der Waals surface area contributed by atoms with Crippen LogP contribution >= 0.6 is 0 Å². The van der Waals surface area contributed by atoms with Crippen molar-refractivity contribution in [3.8, 4) is 0 Å². The lowest BCUT2D eigenvalue weighted by atomic mass is 9.97. The van der Waals surface area contributed by atoms with Crippen molar-refractivity contribution in [1.82, 2.24) is 5.32 Å². The number of allylic oxidation sites excluding steroid dienone is 11. The molecule has 2 saturated heterocycles. The number of nitrogens with one attached hydrogen (secondary N) is 1. The van der Waals surface area contributed by atoms with E-state index in [4.69, 9.17) is 18.9 Å². The Kier molecular flexibility index (Phi) is 48.6. The summed E-state index contributed by atoms with van der Waals surface area (Å²) in [6, 6.07) is -0.916. The van der Waals surface area contributed by atoms with Crippen LogP contribution in [0.4, 0.5) is 0 Å². The molecule has 0 radical (unpaired) electrons. The van der Waals surface area contributed by atoms with Crippen LogP contribution in [0.2, 0.25) is 0 Å². The van der Waals surface area contributed by atoms with Gasteiger partial charge in [-0.3, -0.25) is 4.79 Å². The van der Waals surface area contributed by atoms with E-state index in [9.17, 15) is 45.6 Å². The number of ether oxygens (including phenoxy) is 4. The second-order valence-corrected chi connectivity index (χ2v) is 23.2. The van der Waals surface area contributed by atoms with Gasteiger partial charge in [-0.1, -0.05) is 260 Å². The minimum atomic E-state index is -1.79. The average Bonchev–Trinajstić information content (AvgIpc) is 3.60. The number of carbonyl (C=O) groups is 1. The molecule has 0 bridgehead atoms. The molecule has 14 heteroatoms. The molecule has 9 N–H and O–H groups in total. The Morgan fingerprint density at radius 3 is 1.29 bits per heavy atom. The Labute approximate surface area is 498 Å². The van der Waals surface area contributed by atoms with Crippen LogP contribution in [0.3, 0.4) is 0 Å². The summed E-state index contributed by atoms with van der Waals surface area (Å²) in [5.74, 6) is -0.239. The van der Waals surface area contributed by atoms with E-state index in [0.29, 0.717) is 6.42 Å². The van der Waals surface area contributed by atoms with Crippen LogP contribution < -0.4 is 5.32 Å². The summed E-state index contributed by atoms with van der Waals surface area (Å²) in [4.78, 5) is 13.3. The Bertz CT molecular complexity index is 1650. The molecule has 0 aromatic heterocycles. The number of unbranched alkanes of at least 4 members (excludes halogenated alkanes) is 30. The lowest BCUT2D eigenvalue weighted by Crippen LogP contribution is -2.65. The highest BCUT2D eigenvalue weighted by Gasteiger charge is 2.51. The van der Waals surface area contributed by atoms with Gasteiger partial charge in [0.2, 0.25) is 5.91 Å². The average molecular weight is 1160 g/mol. The van der Waals surface area contributed by atoms with Gasteiger partial charge in [0, 0.05) is 6.42 Å². The van der Waals surface area contributed by atoms with Gasteiger partial charge in [-0.2, -0.15) is 0 Å². The number of aliphatic hydroxyl groups excluding tert-OH is 8. The number of rotatable bonds is 53. The highest BCUT2D eigenvalue weighted by atomic mass is 16.7. The molecule has 12 atom stereocenters. The summed E-state index contributed by atoms with van der Waals surface area (Å²) in [7, 11) is 0. The van der Waals surface area contributed by atoms with E-state index < -0.39 is 86.8 Å². The second kappa shape index (κ2) is 52.7. The third-order valence-corrected chi connectivity index (χ3v) is 15.9. The van der Waals surface area contributed by atoms with Crippen LogP contribution in [0.1, 0.15) is 258 Å². The second-order valence-electron chi connectivity index (χ2n) is 23.2. The first-order valence-corrected chi connectivity index (χ1v) is 33.2. The van der Waals surface area contributed by atoms with Crippen LogP contribution in [-0.4, -0.2) is 140 Å². The molecular weight excluding hydrogens is 1040 g/mol. The summed E-state index contributed by atoms with van der Waals surface area (Å²) in [5.41, 5.74) is 0. The monoisotopic (exact) mass is 1160 g/mol. The fourth-order valence-corrected chi connectivity index (χ4v) is 10.6. The number of hydrogen-bond acceptors (Lipinski definition) is 13. The van der Waals surface area contributed by atoms with E-state index >= 15 is 0 Å². The van der Waals surface area contributed by atoms with E-state index in [0.717, 1.165) is 70.6 Å². The number of carbonyl (C=O) groups excluding carboxylic acids is 1. The molecule has 0 saturated carbocycles. The number of hydrogen-bond donors (Lipinski definition) is 9. The van der Waals surface area contributed by atoms with Crippen LogP contribution in [0.25, 0.3) is 0 Å². The van der Waals surface area contributed by atoms with Crippen molar-refractivity contribution >= 4 is 5.91 Å². The van der Waals surface area contributed by atoms with Crippen molar-refractivity contribution < 1.29 is 64.6 Å². The maximum atomic E-state index is 13.3.